The smallest absolute Gasteiger partial charge is 0.224 e. The lowest BCUT2D eigenvalue weighted by Gasteiger charge is -2.19. The first-order valence-electron chi connectivity index (χ1n) is 5.52. The molecule has 1 rings (SSSR count). The van der Waals surface area contributed by atoms with E-state index in [1.165, 1.54) is 0 Å². The molecule has 1 aromatic rings. The molecule has 0 aliphatic heterocycles. The third-order valence-electron chi connectivity index (χ3n) is 2.32. The zero-order valence-electron chi connectivity index (χ0n) is 10.2. The molecule has 0 saturated heterocycles. The van der Waals surface area contributed by atoms with Crippen molar-refractivity contribution in [3.8, 4) is 0 Å². The number of amides is 1. The molecule has 4 nitrogen and oxygen atoms in total. The van der Waals surface area contributed by atoms with Gasteiger partial charge in [0.1, 0.15) is 0 Å². The third-order valence-corrected chi connectivity index (χ3v) is 2.62. The summed E-state index contributed by atoms with van der Waals surface area (Å²) in [6.45, 7) is 0.517. The summed E-state index contributed by atoms with van der Waals surface area (Å²) in [5, 5.41) is 3.46. The van der Waals surface area contributed by atoms with Gasteiger partial charge in [-0.2, -0.15) is 0 Å². The summed E-state index contributed by atoms with van der Waals surface area (Å²) < 4.78 is 0. The van der Waals surface area contributed by atoms with Gasteiger partial charge in [-0.25, -0.2) is 0 Å². The van der Waals surface area contributed by atoms with Gasteiger partial charge < -0.3 is 16.0 Å². The summed E-state index contributed by atoms with van der Waals surface area (Å²) >= 11 is 6.10. The number of halogens is 1. The predicted octanol–water partition coefficient (Wildman–Crippen LogP) is 2.08. The highest BCUT2D eigenvalue weighted by atomic mass is 35.5. The van der Waals surface area contributed by atoms with Crippen LogP contribution in [0.15, 0.2) is 18.2 Å². The molecule has 0 saturated carbocycles. The van der Waals surface area contributed by atoms with Gasteiger partial charge in [0.15, 0.2) is 0 Å². The molecule has 17 heavy (non-hydrogen) atoms. The van der Waals surface area contributed by atoms with Gasteiger partial charge in [-0.3, -0.25) is 4.79 Å². The first kappa shape index (κ1) is 13.8. The molecule has 0 fully saturated rings. The Labute approximate surface area is 107 Å². The summed E-state index contributed by atoms with van der Waals surface area (Å²) in [5.74, 6) is -0.0409. The fourth-order valence-corrected chi connectivity index (χ4v) is 1.89. The molecule has 3 N–H and O–H groups in total. The van der Waals surface area contributed by atoms with E-state index < -0.39 is 0 Å². The van der Waals surface area contributed by atoms with Crippen LogP contribution in [0.1, 0.15) is 12.8 Å². The normalized spacial score (nSPS) is 10.1. The number of carbonyl (C=O) groups is 1. The Balaban J connectivity index is 2.83. The fourth-order valence-electron chi connectivity index (χ4n) is 1.55. The summed E-state index contributed by atoms with van der Waals surface area (Å²) in [5.41, 5.74) is 6.90. The van der Waals surface area contributed by atoms with Crippen molar-refractivity contribution >= 4 is 28.9 Å². The van der Waals surface area contributed by atoms with Crippen LogP contribution in [0, 0.1) is 0 Å². The first-order valence-corrected chi connectivity index (χ1v) is 5.89. The van der Waals surface area contributed by atoms with Gasteiger partial charge in [-0.05, 0) is 25.1 Å². The summed E-state index contributed by atoms with van der Waals surface area (Å²) in [6.07, 6.45) is 1.11. The van der Waals surface area contributed by atoms with E-state index in [0.717, 1.165) is 11.4 Å². The average Bonchev–Trinajstić information content (AvgIpc) is 2.25. The van der Waals surface area contributed by atoms with Crippen LogP contribution in [0.3, 0.4) is 0 Å². The lowest BCUT2D eigenvalue weighted by Crippen LogP contribution is -2.17. The zero-order valence-corrected chi connectivity index (χ0v) is 10.9. The first-order chi connectivity index (χ1) is 8.06. The van der Waals surface area contributed by atoms with Crippen LogP contribution in [-0.4, -0.2) is 26.5 Å². The number of nitrogens with one attached hydrogen (secondary N) is 1. The fraction of sp³-hybridized carbons (Fsp3) is 0.417. The molecule has 0 unspecified atom stereocenters. The van der Waals surface area contributed by atoms with Crippen molar-refractivity contribution in [3.05, 3.63) is 23.2 Å². The van der Waals surface area contributed by atoms with Crippen molar-refractivity contribution in [3.63, 3.8) is 0 Å². The SMILES string of the molecule is CN(C)c1c(Cl)cccc1NC(=O)CCCN. The highest BCUT2D eigenvalue weighted by Gasteiger charge is 2.11. The Morgan fingerprint density at radius 3 is 2.76 bits per heavy atom. The number of nitrogens with zero attached hydrogens (tertiary/aromatic N) is 1. The van der Waals surface area contributed by atoms with E-state index in [4.69, 9.17) is 17.3 Å². The largest absolute Gasteiger partial charge is 0.375 e. The van der Waals surface area contributed by atoms with E-state index in [0.29, 0.717) is 24.4 Å². The van der Waals surface area contributed by atoms with Crippen molar-refractivity contribution in [1.29, 1.82) is 0 Å². The van der Waals surface area contributed by atoms with Crippen molar-refractivity contribution in [1.82, 2.24) is 0 Å². The number of rotatable bonds is 5. The van der Waals surface area contributed by atoms with Crippen molar-refractivity contribution in [2.45, 2.75) is 12.8 Å². The molecular weight excluding hydrogens is 238 g/mol. The zero-order chi connectivity index (χ0) is 12.8. The molecule has 5 heteroatoms. The maximum Gasteiger partial charge on any atom is 0.224 e. The molecule has 1 aromatic carbocycles. The van der Waals surface area contributed by atoms with Crippen molar-refractivity contribution in [2.24, 2.45) is 5.73 Å². The molecular formula is C12H18ClN3O. The maximum absolute atomic E-state index is 11.6. The summed E-state index contributed by atoms with van der Waals surface area (Å²) in [7, 11) is 3.77. The van der Waals surface area contributed by atoms with Crippen LogP contribution in [0.25, 0.3) is 0 Å². The average molecular weight is 256 g/mol. The van der Waals surface area contributed by atoms with Crippen LogP contribution in [0.5, 0.6) is 0 Å². The molecule has 0 aliphatic rings. The lowest BCUT2D eigenvalue weighted by atomic mass is 10.2. The summed E-state index contributed by atoms with van der Waals surface area (Å²) in [4.78, 5) is 13.5. The molecule has 0 bridgehead atoms. The topological polar surface area (TPSA) is 58.4 Å². The van der Waals surface area contributed by atoms with Gasteiger partial charge in [0.05, 0.1) is 16.4 Å². The van der Waals surface area contributed by atoms with E-state index in [1.54, 1.807) is 6.07 Å². The minimum Gasteiger partial charge on any atom is -0.375 e. The second-order valence-electron chi connectivity index (χ2n) is 3.97. The van der Waals surface area contributed by atoms with Crippen molar-refractivity contribution < 1.29 is 4.79 Å². The van der Waals surface area contributed by atoms with Gasteiger partial charge in [-0.15, -0.1) is 0 Å². The number of carbonyl (C=O) groups excluding carboxylic acids is 1. The van der Waals surface area contributed by atoms with Crippen molar-refractivity contribution in [2.75, 3.05) is 30.9 Å². The Hall–Kier alpha value is -1.26. The number of hydrogen-bond acceptors (Lipinski definition) is 3. The van der Waals surface area contributed by atoms with Gasteiger partial charge >= 0.3 is 0 Å². The predicted molar refractivity (Wildman–Crippen MR) is 72.7 cm³/mol. The minimum absolute atomic E-state index is 0.0409. The Bertz CT molecular complexity index is 393. The van der Waals surface area contributed by atoms with Gasteiger partial charge in [0.2, 0.25) is 5.91 Å². The second kappa shape index (κ2) is 6.47. The number of para-hydroxylation sites is 1. The maximum atomic E-state index is 11.6. The van der Waals surface area contributed by atoms with E-state index in [9.17, 15) is 4.79 Å². The molecule has 94 valence electrons. The second-order valence-corrected chi connectivity index (χ2v) is 4.38. The monoisotopic (exact) mass is 255 g/mol. The van der Waals surface area contributed by atoms with Gasteiger partial charge in [0, 0.05) is 20.5 Å². The molecule has 0 heterocycles. The molecule has 0 aromatic heterocycles. The molecule has 0 aliphatic carbocycles. The quantitative estimate of drug-likeness (QED) is 0.847. The number of nitrogens with two attached hydrogens (primary N) is 1. The van der Waals surface area contributed by atoms with E-state index in [2.05, 4.69) is 5.32 Å². The third kappa shape index (κ3) is 3.91. The molecule has 0 radical (unpaired) electrons. The van der Waals surface area contributed by atoms with Gasteiger partial charge in [0.25, 0.3) is 0 Å². The standard InChI is InChI=1S/C12H18ClN3O/c1-16(2)12-9(13)5-3-6-10(12)15-11(17)7-4-8-14/h3,5-6H,4,7-8,14H2,1-2H3,(H,15,17). The Kier molecular flexibility index (Phi) is 5.25. The Morgan fingerprint density at radius 2 is 2.18 bits per heavy atom. The minimum atomic E-state index is -0.0409. The number of benzene rings is 1. The van der Waals surface area contributed by atoms with E-state index >= 15 is 0 Å². The van der Waals surface area contributed by atoms with Crippen LogP contribution in [0.2, 0.25) is 5.02 Å². The van der Waals surface area contributed by atoms with Crippen LogP contribution >= 0.6 is 11.6 Å². The highest BCUT2D eigenvalue weighted by Crippen LogP contribution is 2.32. The van der Waals surface area contributed by atoms with Crippen LogP contribution in [-0.2, 0) is 4.79 Å². The van der Waals surface area contributed by atoms with E-state index in [-0.39, 0.29) is 5.91 Å². The molecule has 1 amide bonds. The summed E-state index contributed by atoms with van der Waals surface area (Å²) in [6, 6.07) is 5.45. The van der Waals surface area contributed by atoms with Crippen LogP contribution in [0.4, 0.5) is 11.4 Å². The van der Waals surface area contributed by atoms with Gasteiger partial charge in [-0.1, -0.05) is 17.7 Å². The number of anilines is 2. The Morgan fingerprint density at radius 1 is 1.47 bits per heavy atom. The van der Waals surface area contributed by atoms with Crippen LogP contribution < -0.4 is 16.0 Å². The number of hydrogen-bond donors (Lipinski definition) is 2. The van der Waals surface area contributed by atoms with E-state index in [1.807, 2.05) is 31.1 Å². The lowest BCUT2D eigenvalue weighted by molar-refractivity contribution is -0.116. The highest BCUT2D eigenvalue weighted by molar-refractivity contribution is 6.34. The molecule has 0 atom stereocenters. The molecule has 0 spiro atoms.